The van der Waals surface area contributed by atoms with E-state index in [4.69, 9.17) is 0 Å². The lowest BCUT2D eigenvalue weighted by atomic mass is 10.0. The van der Waals surface area contributed by atoms with Crippen molar-refractivity contribution in [2.75, 3.05) is 0 Å². The largest absolute Gasteiger partial charge is 0.390 e. The summed E-state index contributed by atoms with van der Waals surface area (Å²) in [4.78, 5) is 1.24. The lowest BCUT2D eigenvalue weighted by Gasteiger charge is -2.17. The van der Waals surface area contributed by atoms with Gasteiger partial charge in [-0.05, 0) is 29.9 Å². The molecular formula is C14H16O2S. The quantitative estimate of drug-likeness (QED) is 0.854. The van der Waals surface area contributed by atoms with Crippen molar-refractivity contribution in [2.24, 2.45) is 0 Å². The number of aliphatic hydroxyl groups is 2. The Bertz CT molecular complexity index is 425. The molecule has 0 saturated carbocycles. The maximum absolute atomic E-state index is 9.97. The maximum Gasteiger partial charge on any atom is 0.105 e. The molecule has 0 aliphatic heterocycles. The predicted octanol–water partition coefficient (Wildman–Crippen LogP) is 2.78. The Balaban J connectivity index is 1.89. The zero-order valence-electron chi connectivity index (χ0n) is 9.49. The van der Waals surface area contributed by atoms with E-state index < -0.39 is 12.2 Å². The van der Waals surface area contributed by atoms with E-state index in [1.807, 2.05) is 47.8 Å². The van der Waals surface area contributed by atoms with Crippen molar-refractivity contribution in [1.29, 1.82) is 0 Å². The molecule has 0 radical (unpaired) electrons. The molecule has 0 bridgehead atoms. The Labute approximate surface area is 105 Å². The average Bonchev–Trinajstić information content (AvgIpc) is 2.89. The van der Waals surface area contributed by atoms with E-state index >= 15 is 0 Å². The minimum Gasteiger partial charge on any atom is -0.390 e. The highest BCUT2D eigenvalue weighted by Gasteiger charge is 2.17. The summed E-state index contributed by atoms with van der Waals surface area (Å²) in [6.07, 6.45) is -0.116. The van der Waals surface area contributed by atoms with Crippen molar-refractivity contribution >= 4 is 11.3 Å². The van der Waals surface area contributed by atoms with Gasteiger partial charge in [-0.3, -0.25) is 0 Å². The fourth-order valence-corrected chi connectivity index (χ4v) is 2.50. The van der Waals surface area contributed by atoms with Crippen LogP contribution in [0.3, 0.4) is 0 Å². The van der Waals surface area contributed by atoms with Gasteiger partial charge in [0, 0.05) is 4.88 Å². The number of rotatable bonds is 5. The molecule has 0 aliphatic carbocycles. The fourth-order valence-electron chi connectivity index (χ4n) is 1.78. The molecule has 2 N–H and O–H groups in total. The molecule has 1 heterocycles. The van der Waals surface area contributed by atoms with Gasteiger partial charge in [-0.1, -0.05) is 36.4 Å². The van der Waals surface area contributed by atoms with Gasteiger partial charge in [-0.25, -0.2) is 0 Å². The summed E-state index contributed by atoms with van der Waals surface area (Å²) in [5, 5.41) is 21.9. The van der Waals surface area contributed by atoms with E-state index in [0.29, 0.717) is 6.42 Å². The van der Waals surface area contributed by atoms with E-state index in [9.17, 15) is 10.2 Å². The molecule has 0 saturated heterocycles. The van der Waals surface area contributed by atoms with E-state index in [2.05, 4.69) is 0 Å². The molecule has 2 unspecified atom stereocenters. The highest BCUT2D eigenvalue weighted by Crippen LogP contribution is 2.21. The van der Waals surface area contributed by atoms with Crippen LogP contribution in [0.4, 0.5) is 0 Å². The second-order valence-electron chi connectivity index (χ2n) is 4.04. The first kappa shape index (κ1) is 12.3. The van der Waals surface area contributed by atoms with Crippen LogP contribution in [0.15, 0.2) is 47.8 Å². The normalized spacial score (nSPS) is 14.5. The molecule has 0 amide bonds. The molecule has 0 spiro atoms. The summed E-state index contributed by atoms with van der Waals surface area (Å²) in [6, 6.07) is 13.3. The molecule has 0 fully saturated rings. The van der Waals surface area contributed by atoms with Crippen LogP contribution in [0, 0.1) is 0 Å². The van der Waals surface area contributed by atoms with Crippen molar-refractivity contribution in [3.05, 3.63) is 58.3 Å². The first-order chi connectivity index (χ1) is 8.27. The summed E-state index contributed by atoms with van der Waals surface area (Å²) < 4.78 is 0. The number of hydrogen-bond donors (Lipinski definition) is 2. The zero-order chi connectivity index (χ0) is 12.1. The Morgan fingerprint density at radius 1 is 1.00 bits per heavy atom. The second-order valence-corrected chi connectivity index (χ2v) is 5.07. The summed E-state index contributed by atoms with van der Waals surface area (Å²) in [5.74, 6) is 0. The van der Waals surface area contributed by atoms with Crippen molar-refractivity contribution in [2.45, 2.75) is 25.0 Å². The Hall–Kier alpha value is -1.16. The van der Waals surface area contributed by atoms with E-state index in [1.54, 1.807) is 11.3 Å². The predicted molar refractivity (Wildman–Crippen MR) is 70.0 cm³/mol. The molecule has 2 aromatic rings. The molecule has 2 nitrogen and oxygen atoms in total. The lowest BCUT2D eigenvalue weighted by Crippen LogP contribution is -2.18. The average molecular weight is 248 g/mol. The number of aryl methyl sites for hydroxylation is 1. The first-order valence-corrected chi connectivity index (χ1v) is 6.59. The summed E-state index contributed by atoms with van der Waals surface area (Å²) in [6.45, 7) is 0. The van der Waals surface area contributed by atoms with Crippen LogP contribution in [0.1, 0.15) is 23.0 Å². The van der Waals surface area contributed by atoms with Gasteiger partial charge in [-0.2, -0.15) is 0 Å². The number of benzene rings is 1. The Morgan fingerprint density at radius 2 is 1.76 bits per heavy atom. The number of hydrogen-bond acceptors (Lipinski definition) is 3. The van der Waals surface area contributed by atoms with Crippen LogP contribution in [0.2, 0.25) is 0 Å². The molecule has 2 rings (SSSR count). The van der Waals surface area contributed by atoms with Crippen LogP contribution < -0.4 is 0 Å². The molecule has 2 atom stereocenters. The third-order valence-electron chi connectivity index (χ3n) is 2.77. The minimum atomic E-state index is -0.795. The third kappa shape index (κ3) is 3.40. The minimum absolute atomic E-state index is 0.580. The maximum atomic E-state index is 9.97. The Morgan fingerprint density at radius 3 is 2.41 bits per heavy atom. The van der Waals surface area contributed by atoms with E-state index in [0.717, 1.165) is 12.0 Å². The van der Waals surface area contributed by atoms with Crippen LogP contribution in [-0.2, 0) is 6.42 Å². The zero-order valence-corrected chi connectivity index (χ0v) is 10.3. The molecule has 17 heavy (non-hydrogen) atoms. The Kier molecular flexibility index (Phi) is 4.31. The summed E-state index contributed by atoms with van der Waals surface area (Å²) in [5.41, 5.74) is 0.770. The molecule has 1 aromatic carbocycles. The fraction of sp³-hybridized carbons (Fsp3) is 0.286. The molecule has 90 valence electrons. The summed E-state index contributed by atoms with van der Waals surface area (Å²) in [7, 11) is 0. The molecular weight excluding hydrogens is 232 g/mol. The van der Waals surface area contributed by atoms with Crippen LogP contribution in [0.5, 0.6) is 0 Å². The van der Waals surface area contributed by atoms with Gasteiger partial charge in [0.05, 0.1) is 6.10 Å². The molecule has 3 heteroatoms. The van der Waals surface area contributed by atoms with E-state index in [1.165, 1.54) is 4.88 Å². The van der Waals surface area contributed by atoms with Crippen LogP contribution >= 0.6 is 11.3 Å². The smallest absolute Gasteiger partial charge is 0.105 e. The van der Waals surface area contributed by atoms with Gasteiger partial charge in [0.2, 0.25) is 0 Å². The van der Waals surface area contributed by atoms with Crippen molar-refractivity contribution < 1.29 is 10.2 Å². The van der Waals surface area contributed by atoms with Crippen molar-refractivity contribution in [3.8, 4) is 0 Å². The van der Waals surface area contributed by atoms with Crippen LogP contribution in [0.25, 0.3) is 0 Å². The second kappa shape index (κ2) is 5.96. The molecule has 0 aliphatic rings. The highest BCUT2D eigenvalue weighted by atomic mass is 32.1. The SMILES string of the molecule is OC(CCc1cccs1)C(O)c1ccccc1. The van der Waals surface area contributed by atoms with E-state index in [-0.39, 0.29) is 0 Å². The standard InChI is InChI=1S/C14H16O2S/c15-13(9-8-12-7-4-10-17-12)14(16)11-5-2-1-3-6-11/h1-7,10,13-16H,8-9H2. The third-order valence-corrected chi connectivity index (χ3v) is 3.71. The van der Waals surface area contributed by atoms with Gasteiger partial charge >= 0.3 is 0 Å². The highest BCUT2D eigenvalue weighted by molar-refractivity contribution is 7.09. The lowest BCUT2D eigenvalue weighted by molar-refractivity contribution is 0.0138. The van der Waals surface area contributed by atoms with Gasteiger partial charge in [0.15, 0.2) is 0 Å². The topological polar surface area (TPSA) is 40.5 Å². The van der Waals surface area contributed by atoms with Gasteiger partial charge in [0.1, 0.15) is 6.10 Å². The van der Waals surface area contributed by atoms with Gasteiger partial charge in [-0.15, -0.1) is 11.3 Å². The van der Waals surface area contributed by atoms with Gasteiger partial charge < -0.3 is 10.2 Å². The number of thiophene rings is 1. The van der Waals surface area contributed by atoms with Gasteiger partial charge in [0.25, 0.3) is 0 Å². The number of aliphatic hydroxyl groups excluding tert-OH is 2. The van der Waals surface area contributed by atoms with Crippen LogP contribution in [-0.4, -0.2) is 16.3 Å². The first-order valence-electron chi connectivity index (χ1n) is 5.71. The van der Waals surface area contributed by atoms with Crippen molar-refractivity contribution in [3.63, 3.8) is 0 Å². The summed E-state index contributed by atoms with van der Waals surface area (Å²) >= 11 is 1.68. The van der Waals surface area contributed by atoms with Crippen molar-refractivity contribution in [1.82, 2.24) is 0 Å². The molecule has 1 aromatic heterocycles. The monoisotopic (exact) mass is 248 g/mol.